The molecule has 3 N–H and O–H groups in total. The number of carbonyl (C=O) groups is 2. The van der Waals surface area contributed by atoms with Crippen molar-refractivity contribution in [2.75, 3.05) is 7.11 Å². The Labute approximate surface area is 302 Å². The summed E-state index contributed by atoms with van der Waals surface area (Å²) in [7, 11) is -9.21. The Morgan fingerprint density at radius 3 is 1.21 bits per heavy atom. The van der Waals surface area contributed by atoms with E-state index in [4.69, 9.17) is 28.0 Å². The smallest absolute Gasteiger partial charge is 0.335 e. The zero-order valence-corrected chi connectivity index (χ0v) is 30.5. The number of nitrogens with zero attached hydrogens (tertiary/aromatic N) is 3. The Bertz CT molecular complexity index is 2110. The average molecular weight is 750 g/mol. The topological polar surface area (TPSA) is 152 Å². The van der Waals surface area contributed by atoms with E-state index in [-0.39, 0.29) is 11.1 Å². The van der Waals surface area contributed by atoms with Gasteiger partial charge in [0.25, 0.3) is 7.66 Å². The van der Waals surface area contributed by atoms with Crippen molar-refractivity contribution in [1.82, 2.24) is 0 Å². The molecule has 1 aliphatic heterocycles. The molecule has 0 saturated heterocycles. The van der Waals surface area contributed by atoms with Gasteiger partial charge in [-0.25, -0.2) is 9.59 Å². The molecule has 7 rings (SSSR count). The van der Waals surface area contributed by atoms with E-state index in [1.165, 1.54) is 24.3 Å². The summed E-state index contributed by atoms with van der Waals surface area (Å²) in [5, 5.41) is 29.7. The largest absolute Gasteiger partial charge is 0.498 e. The predicted octanol–water partition coefficient (Wildman–Crippen LogP) is 8.75. The number of carboxylic acid groups (broad SMARTS) is 2. The second-order valence-electron chi connectivity index (χ2n) is 11.1. The highest BCUT2D eigenvalue weighted by molar-refractivity contribution is 8.04. The number of benzene rings is 6. The van der Waals surface area contributed by atoms with Crippen LogP contribution in [0.15, 0.2) is 179 Å². The Kier molecular flexibility index (Phi) is 11.2. The molecule has 6 aromatic rings. The Balaban J connectivity index is 0.00000228. The summed E-state index contributed by atoms with van der Waals surface area (Å²) in [4.78, 5) is 29.1. The predicted molar refractivity (Wildman–Crippen MR) is 209 cm³/mol. The Morgan fingerprint density at radius 1 is 0.519 bits per heavy atom. The molecule has 0 bridgehead atoms. The highest BCUT2D eigenvalue weighted by atomic mass is 31.3. The maximum absolute atomic E-state index is 11.7. The maximum Gasteiger partial charge on any atom is 0.335 e. The molecule has 52 heavy (non-hydrogen) atoms. The van der Waals surface area contributed by atoms with Gasteiger partial charge in [-0.1, -0.05) is 102 Å². The second kappa shape index (κ2) is 15.9. The zero-order valence-electron chi connectivity index (χ0n) is 27.8. The van der Waals surface area contributed by atoms with E-state index < -0.39 is 34.4 Å². The van der Waals surface area contributed by atoms with E-state index in [0.29, 0.717) is 11.5 Å². The first-order valence-corrected chi connectivity index (χ1v) is 20.9. The molecular formula is C39H34N3O7P3. The summed E-state index contributed by atoms with van der Waals surface area (Å²) >= 11 is 0. The van der Waals surface area contributed by atoms with E-state index in [1.54, 1.807) is 24.3 Å². The van der Waals surface area contributed by atoms with Gasteiger partial charge in [0.05, 0.1) is 11.1 Å². The molecular weight excluding hydrogens is 715 g/mol. The first-order valence-electron chi connectivity index (χ1n) is 16.0. The van der Waals surface area contributed by atoms with Gasteiger partial charge in [-0.05, 0) is 90.6 Å². The second-order valence-corrected chi connectivity index (χ2v) is 19.1. The Morgan fingerprint density at radius 2 is 0.865 bits per heavy atom. The minimum atomic E-state index is -3.86. The van der Waals surface area contributed by atoms with Crippen molar-refractivity contribution in [3.63, 3.8) is 0 Å². The fourth-order valence-electron chi connectivity index (χ4n) is 5.51. The third-order valence-corrected chi connectivity index (χ3v) is 18.8. The minimum Gasteiger partial charge on any atom is -0.498 e. The van der Waals surface area contributed by atoms with Crippen LogP contribution in [0, 0.1) is 0 Å². The first-order chi connectivity index (χ1) is 25.3. The molecule has 1 aliphatic rings. The van der Waals surface area contributed by atoms with Crippen molar-refractivity contribution in [1.29, 1.82) is 0 Å². The molecule has 0 radical (unpaired) electrons. The lowest BCUT2D eigenvalue weighted by atomic mass is 10.2. The lowest BCUT2D eigenvalue weighted by Crippen LogP contribution is -2.25. The van der Waals surface area contributed by atoms with Crippen molar-refractivity contribution >= 4 is 55.6 Å². The average Bonchev–Trinajstić information content (AvgIpc) is 3.20. The number of aliphatic hydroxyl groups is 1. The van der Waals surface area contributed by atoms with Crippen LogP contribution in [-0.4, -0.2) is 34.4 Å². The van der Waals surface area contributed by atoms with Gasteiger partial charge in [-0.2, -0.15) is 0 Å². The van der Waals surface area contributed by atoms with Gasteiger partial charge in [-0.3, -0.25) is 0 Å². The van der Waals surface area contributed by atoms with Crippen molar-refractivity contribution in [2.45, 2.75) is 0 Å². The minimum absolute atomic E-state index is 0.0910. The van der Waals surface area contributed by atoms with Gasteiger partial charge in [0.15, 0.2) is 0 Å². The molecule has 0 saturated carbocycles. The molecule has 262 valence electrons. The van der Waals surface area contributed by atoms with Crippen LogP contribution in [0.1, 0.15) is 20.7 Å². The molecule has 1 heterocycles. The SMILES string of the molecule is CO.O=C(O)c1ccc(OP2(Oc3ccc(C(=O)O)cc3)=N[P+](c3ccccc3)(c3ccccc3)N=P(c3ccccc3)(c3ccccc3)[N-]2)cc1. The number of rotatable bonds is 10. The summed E-state index contributed by atoms with van der Waals surface area (Å²) in [5.41, 5.74) is 0.182. The zero-order chi connectivity index (χ0) is 36.6. The number of aliphatic hydroxyl groups excluding tert-OH is 1. The van der Waals surface area contributed by atoms with E-state index in [0.717, 1.165) is 28.3 Å². The van der Waals surface area contributed by atoms with Gasteiger partial charge in [0.1, 0.15) is 22.1 Å². The number of hydrogen-bond acceptors (Lipinski definition) is 7. The lowest BCUT2D eigenvalue weighted by molar-refractivity contribution is 0.0686. The Hall–Kier alpha value is -5.33. The van der Waals surface area contributed by atoms with Crippen molar-refractivity contribution < 1.29 is 34.0 Å². The number of hydrogen-bond donors (Lipinski definition) is 3. The van der Waals surface area contributed by atoms with Crippen LogP contribution in [0.5, 0.6) is 11.5 Å². The van der Waals surface area contributed by atoms with E-state index in [9.17, 15) is 19.8 Å². The quantitative estimate of drug-likeness (QED) is 0.118. The summed E-state index contributed by atoms with van der Waals surface area (Å²) < 4.78 is 25.3. The molecule has 13 heteroatoms. The van der Waals surface area contributed by atoms with Gasteiger partial charge >= 0.3 is 19.5 Å². The van der Waals surface area contributed by atoms with E-state index >= 15 is 0 Å². The van der Waals surface area contributed by atoms with Crippen molar-refractivity contribution in [3.05, 3.63) is 186 Å². The van der Waals surface area contributed by atoms with Gasteiger partial charge in [0.2, 0.25) is 0 Å². The summed E-state index contributed by atoms with van der Waals surface area (Å²) in [6.07, 6.45) is 0. The molecule has 10 nitrogen and oxygen atoms in total. The van der Waals surface area contributed by atoms with Gasteiger partial charge in [0, 0.05) is 7.11 Å². The lowest BCUT2D eigenvalue weighted by Gasteiger charge is -2.48. The van der Waals surface area contributed by atoms with Crippen LogP contribution in [-0.2, 0) is 0 Å². The first kappa shape index (κ1) is 36.5. The summed E-state index contributed by atoms with van der Waals surface area (Å²) in [5.74, 6) is -1.53. The van der Waals surface area contributed by atoms with Crippen LogP contribution in [0.4, 0.5) is 0 Å². The molecule has 0 aromatic heterocycles. The highest BCUT2D eigenvalue weighted by Crippen LogP contribution is 2.85. The summed E-state index contributed by atoms with van der Waals surface area (Å²) in [6.45, 7) is 0. The molecule has 0 fully saturated rings. The standard InChI is InChI=1S/C38H30N3O6P3.CH4O/c42-37(43)29-21-25-31(26-22-29)46-50(47-32-27-23-30(24-28-32)38(44)45)40-48(33-13-5-1-6-14-33,34-15-7-2-8-16-34)39-49(41-50,35-17-9-3-10-18-35)36-19-11-4-12-20-36;1-2/h1-28H,(H,42,43)(H,44,45);2H,1H3. The third-order valence-electron chi connectivity index (χ3n) is 7.86. The highest BCUT2D eigenvalue weighted by Gasteiger charge is 2.52. The van der Waals surface area contributed by atoms with Crippen molar-refractivity contribution in [3.8, 4) is 11.5 Å². The fraction of sp³-hybridized carbons (Fsp3) is 0.0256. The molecule has 0 aliphatic carbocycles. The van der Waals surface area contributed by atoms with Crippen molar-refractivity contribution in [2.24, 2.45) is 9.03 Å². The number of carboxylic acids is 2. The van der Waals surface area contributed by atoms with E-state index in [2.05, 4.69) is 0 Å². The van der Waals surface area contributed by atoms with E-state index in [1.807, 2.05) is 121 Å². The van der Waals surface area contributed by atoms with Crippen LogP contribution < -0.4 is 30.3 Å². The molecule has 0 atom stereocenters. The fourth-order valence-corrected chi connectivity index (χ4v) is 18.7. The molecule has 6 aromatic carbocycles. The monoisotopic (exact) mass is 749 g/mol. The van der Waals surface area contributed by atoms with Gasteiger partial charge in [-0.15, -0.1) is 4.52 Å². The molecule has 0 amide bonds. The van der Waals surface area contributed by atoms with Crippen LogP contribution in [0.2, 0.25) is 0 Å². The maximum atomic E-state index is 11.7. The normalized spacial score (nSPS) is 15.0. The van der Waals surface area contributed by atoms with Crippen LogP contribution in [0.25, 0.3) is 4.86 Å². The molecule has 0 spiro atoms. The molecule has 0 unspecified atom stereocenters. The van der Waals surface area contributed by atoms with Gasteiger partial charge < -0.3 is 29.2 Å². The van der Waals surface area contributed by atoms with Crippen LogP contribution >= 0.6 is 22.4 Å². The third kappa shape index (κ3) is 7.49. The number of aromatic carboxylic acids is 2. The van der Waals surface area contributed by atoms with Crippen LogP contribution in [0.3, 0.4) is 0 Å². The summed E-state index contributed by atoms with van der Waals surface area (Å²) in [6, 6.07) is 51.6.